The van der Waals surface area contributed by atoms with E-state index in [-0.39, 0.29) is 6.04 Å². The molecule has 1 atom stereocenters. The topological polar surface area (TPSA) is 26.0 Å². The number of thiophene rings is 1. The van der Waals surface area contributed by atoms with Crippen LogP contribution in [0.4, 0.5) is 0 Å². The fourth-order valence-corrected chi connectivity index (χ4v) is 3.42. The van der Waals surface area contributed by atoms with Gasteiger partial charge in [0.1, 0.15) is 0 Å². The summed E-state index contributed by atoms with van der Waals surface area (Å²) in [6, 6.07) is 13.5. The molecule has 2 aromatic rings. The molecule has 1 nitrogen and oxygen atoms in total. The minimum Gasteiger partial charge on any atom is -0.323 e. The molecule has 0 fully saturated rings. The zero-order chi connectivity index (χ0) is 14.5. The van der Waals surface area contributed by atoms with Gasteiger partial charge < -0.3 is 5.73 Å². The Balaban J connectivity index is 2.12. The van der Waals surface area contributed by atoms with Gasteiger partial charge in [0.15, 0.2) is 0 Å². The summed E-state index contributed by atoms with van der Waals surface area (Å²) in [5.41, 5.74) is 8.96. The van der Waals surface area contributed by atoms with Gasteiger partial charge in [-0.25, -0.2) is 0 Å². The first-order valence-electron chi connectivity index (χ1n) is 7.56. The summed E-state index contributed by atoms with van der Waals surface area (Å²) in [4.78, 5) is 2.60. The zero-order valence-electron chi connectivity index (χ0n) is 12.7. The summed E-state index contributed by atoms with van der Waals surface area (Å²) in [6.45, 7) is 6.58. The third-order valence-electron chi connectivity index (χ3n) is 3.73. The second-order valence-corrected chi connectivity index (χ2v) is 6.89. The lowest BCUT2D eigenvalue weighted by molar-refractivity contribution is 0.521. The van der Waals surface area contributed by atoms with Crippen molar-refractivity contribution in [1.82, 2.24) is 0 Å². The predicted octanol–water partition coefficient (Wildman–Crippen LogP) is 5.41. The Morgan fingerprint density at radius 2 is 1.75 bits per heavy atom. The lowest BCUT2D eigenvalue weighted by Crippen LogP contribution is -2.14. The number of benzene rings is 1. The third kappa shape index (κ3) is 3.71. The molecular formula is C18H25NS. The largest absolute Gasteiger partial charge is 0.323 e. The molecule has 1 aromatic carbocycles. The van der Waals surface area contributed by atoms with Crippen LogP contribution < -0.4 is 5.73 Å². The SMILES string of the molecule is CCCCc1ccc(-c2ccc(C(N)C(C)C)s2)cc1. The lowest BCUT2D eigenvalue weighted by atomic mass is 10.0. The Kier molecular flexibility index (Phi) is 5.38. The Morgan fingerprint density at radius 3 is 2.35 bits per heavy atom. The van der Waals surface area contributed by atoms with Gasteiger partial charge in [-0.15, -0.1) is 11.3 Å². The maximum absolute atomic E-state index is 6.22. The molecule has 0 amide bonds. The first-order valence-corrected chi connectivity index (χ1v) is 8.38. The molecule has 0 aliphatic carbocycles. The van der Waals surface area contributed by atoms with Crippen LogP contribution in [0.1, 0.15) is 50.1 Å². The Morgan fingerprint density at radius 1 is 1.05 bits per heavy atom. The van der Waals surface area contributed by atoms with E-state index in [9.17, 15) is 0 Å². The molecule has 0 saturated heterocycles. The normalized spacial score (nSPS) is 12.8. The van der Waals surface area contributed by atoms with Crippen molar-refractivity contribution in [3.8, 4) is 10.4 Å². The summed E-state index contributed by atoms with van der Waals surface area (Å²) >= 11 is 1.82. The lowest BCUT2D eigenvalue weighted by Gasteiger charge is -2.12. The molecule has 0 bridgehead atoms. The molecule has 0 saturated carbocycles. The highest BCUT2D eigenvalue weighted by Gasteiger charge is 2.13. The van der Waals surface area contributed by atoms with Crippen LogP contribution in [0.2, 0.25) is 0 Å². The molecule has 20 heavy (non-hydrogen) atoms. The predicted molar refractivity (Wildman–Crippen MR) is 90.1 cm³/mol. The Labute approximate surface area is 126 Å². The molecule has 0 aliphatic heterocycles. The van der Waals surface area contributed by atoms with E-state index >= 15 is 0 Å². The van der Waals surface area contributed by atoms with Crippen molar-refractivity contribution in [2.45, 2.75) is 46.1 Å². The molecule has 0 radical (unpaired) electrons. The molecule has 0 aliphatic rings. The zero-order valence-corrected chi connectivity index (χ0v) is 13.5. The van der Waals surface area contributed by atoms with E-state index in [4.69, 9.17) is 5.73 Å². The van der Waals surface area contributed by atoms with Crippen molar-refractivity contribution in [3.05, 3.63) is 46.8 Å². The molecule has 1 heterocycles. The van der Waals surface area contributed by atoms with Gasteiger partial charge in [0.05, 0.1) is 0 Å². The number of hydrogen-bond donors (Lipinski definition) is 1. The van der Waals surface area contributed by atoms with Crippen molar-refractivity contribution >= 4 is 11.3 Å². The van der Waals surface area contributed by atoms with Gasteiger partial charge in [0.25, 0.3) is 0 Å². The van der Waals surface area contributed by atoms with E-state index in [0.717, 1.165) is 0 Å². The van der Waals surface area contributed by atoms with Crippen LogP contribution >= 0.6 is 11.3 Å². The Hall–Kier alpha value is -1.12. The minimum absolute atomic E-state index is 0.151. The highest BCUT2D eigenvalue weighted by atomic mass is 32.1. The van der Waals surface area contributed by atoms with E-state index < -0.39 is 0 Å². The first-order chi connectivity index (χ1) is 9.61. The van der Waals surface area contributed by atoms with Crippen LogP contribution in [0.5, 0.6) is 0 Å². The number of unbranched alkanes of at least 4 members (excludes halogenated alkanes) is 1. The van der Waals surface area contributed by atoms with Gasteiger partial charge in [0, 0.05) is 15.8 Å². The second-order valence-electron chi connectivity index (χ2n) is 5.77. The molecule has 1 aromatic heterocycles. The molecule has 2 heteroatoms. The summed E-state index contributed by atoms with van der Waals surface area (Å²) in [7, 11) is 0. The number of hydrogen-bond acceptors (Lipinski definition) is 2. The molecule has 1 unspecified atom stereocenters. The van der Waals surface area contributed by atoms with Gasteiger partial charge in [-0.05, 0) is 42.0 Å². The maximum Gasteiger partial charge on any atom is 0.0413 e. The third-order valence-corrected chi connectivity index (χ3v) is 4.97. The van der Waals surface area contributed by atoms with Crippen LogP contribution in [0.25, 0.3) is 10.4 Å². The van der Waals surface area contributed by atoms with E-state index in [2.05, 4.69) is 57.2 Å². The highest BCUT2D eigenvalue weighted by molar-refractivity contribution is 7.15. The molecular weight excluding hydrogens is 262 g/mol. The van der Waals surface area contributed by atoms with Gasteiger partial charge in [-0.1, -0.05) is 51.5 Å². The van der Waals surface area contributed by atoms with Crippen LogP contribution in [0.15, 0.2) is 36.4 Å². The summed E-state index contributed by atoms with van der Waals surface area (Å²) < 4.78 is 0. The monoisotopic (exact) mass is 287 g/mol. The average molecular weight is 287 g/mol. The molecule has 108 valence electrons. The molecule has 0 spiro atoms. The van der Waals surface area contributed by atoms with Crippen LogP contribution in [-0.4, -0.2) is 0 Å². The second kappa shape index (κ2) is 7.05. The van der Waals surface area contributed by atoms with Crippen molar-refractivity contribution in [3.63, 3.8) is 0 Å². The maximum atomic E-state index is 6.22. The van der Waals surface area contributed by atoms with Crippen LogP contribution in [-0.2, 0) is 6.42 Å². The number of aryl methyl sites for hydroxylation is 1. The summed E-state index contributed by atoms with van der Waals surface area (Å²) in [5.74, 6) is 0.484. The van der Waals surface area contributed by atoms with Crippen molar-refractivity contribution in [1.29, 1.82) is 0 Å². The number of nitrogens with two attached hydrogens (primary N) is 1. The van der Waals surface area contributed by atoms with Crippen molar-refractivity contribution in [2.75, 3.05) is 0 Å². The van der Waals surface area contributed by atoms with Crippen LogP contribution in [0.3, 0.4) is 0 Å². The van der Waals surface area contributed by atoms with E-state index in [1.165, 1.54) is 40.1 Å². The van der Waals surface area contributed by atoms with Gasteiger partial charge in [-0.3, -0.25) is 0 Å². The van der Waals surface area contributed by atoms with Crippen molar-refractivity contribution in [2.24, 2.45) is 11.7 Å². The van der Waals surface area contributed by atoms with Crippen molar-refractivity contribution < 1.29 is 0 Å². The van der Waals surface area contributed by atoms with Crippen LogP contribution in [0, 0.1) is 5.92 Å². The van der Waals surface area contributed by atoms with E-state index in [1.807, 2.05) is 11.3 Å². The molecule has 2 N–H and O–H groups in total. The fraction of sp³-hybridized carbons (Fsp3) is 0.444. The summed E-state index contributed by atoms with van der Waals surface area (Å²) in [6.07, 6.45) is 3.71. The van der Waals surface area contributed by atoms with E-state index in [1.54, 1.807) is 0 Å². The van der Waals surface area contributed by atoms with Gasteiger partial charge in [-0.2, -0.15) is 0 Å². The quantitative estimate of drug-likeness (QED) is 0.755. The highest BCUT2D eigenvalue weighted by Crippen LogP contribution is 2.33. The number of rotatable bonds is 6. The molecule has 2 rings (SSSR count). The average Bonchev–Trinajstić information content (AvgIpc) is 2.94. The Bertz CT molecular complexity index is 525. The minimum atomic E-state index is 0.151. The van der Waals surface area contributed by atoms with E-state index in [0.29, 0.717) is 5.92 Å². The standard InChI is InChI=1S/C18H25NS/c1-4-5-6-14-7-9-15(10-8-14)16-11-12-17(20-16)18(19)13(2)3/h7-13,18H,4-6,19H2,1-3H3. The van der Waals surface area contributed by atoms with Gasteiger partial charge in [0.2, 0.25) is 0 Å². The first kappa shape index (κ1) is 15.3. The smallest absolute Gasteiger partial charge is 0.0413 e. The summed E-state index contributed by atoms with van der Waals surface area (Å²) in [5, 5.41) is 0. The fourth-order valence-electron chi connectivity index (χ4n) is 2.23. The van der Waals surface area contributed by atoms with Gasteiger partial charge >= 0.3 is 0 Å².